The van der Waals surface area contributed by atoms with E-state index in [9.17, 15) is 18.0 Å². The second kappa shape index (κ2) is 8.24. The third-order valence-electron chi connectivity index (χ3n) is 4.79. The number of aromatic nitrogens is 2. The van der Waals surface area contributed by atoms with Crippen LogP contribution < -0.4 is 0 Å². The highest BCUT2D eigenvalue weighted by molar-refractivity contribution is 7.89. The first-order chi connectivity index (χ1) is 13.4. The van der Waals surface area contributed by atoms with E-state index in [1.165, 1.54) is 11.4 Å². The molecule has 1 aromatic carbocycles. The Labute approximate surface area is 164 Å². The van der Waals surface area contributed by atoms with Gasteiger partial charge in [-0.15, -0.1) is 0 Å². The van der Waals surface area contributed by atoms with E-state index in [0.717, 1.165) is 11.8 Å². The number of carbonyl (C=O) groups excluding carboxylic acids is 2. The van der Waals surface area contributed by atoms with Crippen LogP contribution in [0.15, 0.2) is 35.4 Å². The maximum Gasteiger partial charge on any atom is 0.324 e. The summed E-state index contributed by atoms with van der Waals surface area (Å²) in [6, 6.07) is 5.96. The zero-order chi connectivity index (χ0) is 20.3. The number of hydrogen-bond acceptors (Lipinski definition) is 6. The summed E-state index contributed by atoms with van der Waals surface area (Å²) in [5, 5.41) is 4.41. The number of nitrogens with zero attached hydrogens (tertiary/aromatic N) is 3. The largest absolute Gasteiger partial charge is 0.468 e. The number of esters is 1. The van der Waals surface area contributed by atoms with Crippen molar-refractivity contribution in [2.45, 2.75) is 43.7 Å². The SMILES string of the molecule is COC(=O)[C@@H]1CCCN1S(=O)(=O)c1ccc(C)cc1-c1ccn(CCC=O)n1. The van der Waals surface area contributed by atoms with Crippen LogP contribution in [0, 0.1) is 6.92 Å². The van der Waals surface area contributed by atoms with Gasteiger partial charge in [0.1, 0.15) is 12.3 Å². The average Bonchev–Trinajstić information content (AvgIpc) is 3.35. The normalized spacial score (nSPS) is 17.6. The molecule has 0 aliphatic carbocycles. The summed E-state index contributed by atoms with van der Waals surface area (Å²) < 4.78 is 34.4. The maximum absolute atomic E-state index is 13.4. The summed E-state index contributed by atoms with van der Waals surface area (Å²) in [4.78, 5) is 22.7. The maximum atomic E-state index is 13.4. The number of aldehydes is 1. The minimum Gasteiger partial charge on any atom is -0.468 e. The summed E-state index contributed by atoms with van der Waals surface area (Å²) in [5.41, 5.74) is 1.87. The molecule has 0 unspecified atom stereocenters. The molecule has 2 heterocycles. The van der Waals surface area contributed by atoms with Crippen LogP contribution in [0.25, 0.3) is 11.3 Å². The molecule has 0 N–H and O–H groups in total. The van der Waals surface area contributed by atoms with Crippen LogP contribution in [0.5, 0.6) is 0 Å². The monoisotopic (exact) mass is 405 g/mol. The van der Waals surface area contributed by atoms with Crippen molar-refractivity contribution >= 4 is 22.3 Å². The zero-order valence-corrected chi connectivity index (χ0v) is 16.7. The minimum atomic E-state index is -3.92. The number of benzene rings is 1. The number of aryl methyl sites for hydroxylation is 2. The van der Waals surface area contributed by atoms with Crippen molar-refractivity contribution in [1.82, 2.24) is 14.1 Å². The Morgan fingerprint density at radius 2 is 2.14 bits per heavy atom. The number of sulfonamides is 1. The fourth-order valence-corrected chi connectivity index (χ4v) is 5.24. The molecule has 1 aliphatic heterocycles. The van der Waals surface area contributed by atoms with Crippen molar-refractivity contribution in [3.05, 3.63) is 36.0 Å². The molecule has 1 fully saturated rings. The van der Waals surface area contributed by atoms with E-state index in [1.54, 1.807) is 35.1 Å². The molecule has 9 heteroatoms. The van der Waals surface area contributed by atoms with Gasteiger partial charge in [-0.2, -0.15) is 9.40 Å². The van der Waals surface area contributed by atoms with E-state index in [4.69, 9.17) is 4.74 Å². The van der Waals surface area contributed by atoms with Crippen molar-refractivity contribution in [2.24, 2.45) is 0 Å². The third-order valence-corrected chi connectivity index (χ3v) is 6.76. The molecule has 1 aromatic heterocycles. The highest BCUT2D eigenvalue weighted by Crippen LogP contribution is 2.33. The molecule has 0 spiro atoms. The van der Waals surface area contributed by atoms with Crippen LogP contribution in [0.2, 0.25) is 0 Å². The van der Waals surface area contributed by atoms with E-state index in [1.807, 2.05) is 6.92 Å². The molecule has 0 radical (unpaired) electrons. The number of ether oxygens (including phenoxy) is 1. The van der Waals surface area contributed by atoms with Crippen molar-refractivity contribution in [3.8, 4) is 11.3 Å². The van der Waals surface area contributed by atoms with Crippen LogP contribution in [-0.2, 0) is 30.9 Å². The first-order valence-electron chi connectivity index (χ1n) is 9.06. The summed E-state index contributed by atoms with van der Waals surface area (Å²) in [6.45, 7) is 2.56. The molecule has 8 nitrogen and oxygen atoms in total. The molecular weight excluding hydrogens is 382 g/mol. The quantitative estimate of drug-likeness (QED) is 0.514. The number of carbonyl (C=O) groups is 2. The minimum absolute atomic E-state index is 0.106. The van der Waals surface area contributed by atoms with E-state index in [2.05, 4.69) is 5.10 Å². The first-order valence-corrected chi connectivity index (χ1v) is 10.5. The highest BCUT2D eigenvalue weighted by Gasteiger charge is 2.41. The van der Waals surface area contributed by atoms with Crippen molar-refractivity contribution in [1.29, 1.82) is 0 Å². The Bertz CT molecular complexity index is 983. The summed E-state index contributed by atoms with van der Waals surface area (Å²) >= 11 is 0. The Kier molecular flexibility index (Phi) is 5.95. The number of rotatable bonds is 7. The third kappa shape index (κ3) is 3.85. The number of hydrogen-bond donors (Lipinski definition) is 0. The molecule has 1 atom stereocenters. The molecule has 0 bridgehead atoms. The predicted octanol–water partition coefficient (Wildman–Crippen LogP) is 1.77. The van der Waals surface area contributed by atoms with E-state index >= 15 is 0 Å². The Balaban J connectivity index is 2.03. The first kappa shape index (κ1) is 20.2. The Morgan fingerprint density at radius 1 is 1.36 bits per heavy atom. The van der Waals surface area contributed by atoms with Crippen LogP contribution in [0.1, 0.15) is 24.8 Å². The lowest BCUT2D eigenvalue weighted by Crippen LogP contribution is -2.41. The van der Waals surface area contributed by atoms with Gasteiger partial charge in [-0.25, -0.2) is 8.42 Å². The Hall–Kier alpha value is -2.52. The van der Waals surface area contributed by atoms with Gasteiger partial charge in [-0.3, -0.25) is 9.48 Å². The summed E-state index contributed by atoms with van der Waals surface area (Å²) in [6.07, 6.45) is 3.89. The van der Waals surface area contributed by atoms with Gasteiger partial charge in [0.2, 0.25) is 10.0 Å². The van der Waals surface area contributed by atoms with Gasteiger partial charge in [0.15, 0.2) is 0 Å². The van der Waals surface area contributed by atoms with Gasteiger partial charge in [-0.1, -0.05) is 11.6 Å². The molecule has 2 aromatic rings. The van der Waals surface area contributed by atoms with Gasteiger partial charge in [0.05, 0.1) is 17.7 Å². The van der Waals surface area contributed by atoms with Crippen LogP contribution in [-0.4, -0.2) is 54.5 Å². The van der Waals surface area contributed by atoms with Gasteiger partial charge >= 0.3 is 5.97 Å². The molecule has 150 valence electrons. The molecular formula is C19H23N3O5S. The van der Waals surface area contributed by atoms with E-state index < -0.39 is 22.0 Å². The molecule has 0 saturated carbocycles. The Morgan fingerprint density at radius 3 is 2.86 bits per heavy atom. The lowest BCUT2D eigenvalue weighted by Gasteiger charge is -2.23. The zero-order valence-electron chi connectivity index (χ0n) is 15.9. The van der Waals surface area contributed by atoms with E-state index in [0.29, 0.717) is 37.1 Å². The van der Waals surface area contributed by atoms with Crippen molar-refractivity contribution < 1.29 is 22.7 Å². The second-order valence-electron chi connectivity index (χ2n) is 6.72. The smallest absolute Gasteiger partial charge is 0.324 e. The van der Waals surface area contributed by atoms with Gasteiger partial charge < -0.3 is 9.53 Å². The molecule has 0 amide bonds. The van der Waals surface area contributed by atoms with Crippen molar-refractivity contribution in [3.63, 3.8) is 0 Å². The molecule has 3 rings (SSSR count). The second-order valence-corrected chi connectivity index (χ2v) is 8.57. The van der Waals surface area contributed by atoms with Crippen LogP contribution >= 0.6 is 0 Å². The summed E-state index contributed by atoms with van der Waals surface area (Å²) in [5.74, 6) is -0.548. The predicted molar refractivity (Wildman–Crippen MR) is 102 cm³/mol. The standard InChI is InChI=1S/C19H23N3O5S/c1-14-6-7-18(15(13-14)16-8-11-21(20-16)9-4-12-23)28(25,26)22-10-3-5-17(22)19(24)27-2/h6-8,11-13,17H,3-5,9-10H2,1-2H3/t17-/m0/s1. The lowest BCUT2D eigenvalue weighted by atomic mass is 10.1. The fourth-order valence-electron chi connectivity index (χ4n) is 3.41. The van der Waals surface area contributed by atoms with Gasteiger partial charge in [-0.05, 0) is 38.0 Å². The lowest BCUT2D eigenvalue weighted by molar-refractivity contribution is -0.144. The van der Waals surface area contributed by atoms with Crippen LogP contribution in [0.4, 0.5) is 0 Å². The molecule has 1 saturated heterocycles. The van der Waals surface area contributed by atoms with Crippen molar-refractivity contribution in [2.75, 3.05) is 13.7 Å². The van der Waals surface area contributed by atoms with Gasteiger partial charge in [0, 0.05) is 31.3 Å². The molecule has 1 aliphatic rings. The fraction of sp³-hybridized carbons (Fsp3) is 0.421. The summed E-state index contributed by atoms with van der Waals surface area (Å²) in [7, 11) is -2.66. The van der Waals surface area contributed by atoms with Crippen LogP contribution in [0.3, 0.4) is 0 Å². The highest BCUT2D eigenvalue weighted by atomic mass is 32.2. The number of methoxy groups -OCH3 is 1. The van der Waals surface area contributed by atoms with E-state index in [-0.39, 0.29) is 11.4 Å². The average molecular weight is 405 g/mol. The molecule has 28 heavy (non-hydrogen) atoms. The van der Waals surface area contributed by atoms with Gasteiger partial charge in [0.25, 0.3) is 0 Å². The topological polar surface area (TPSA) is 98.6 Å².